The van der Waals surface area contributed by atoms with Gasteiger partial charge >= 0.3 is 5.97 Å². The van der Waals surface area contributed by atoms with E-state index in [0.29, 0.717) is 5.89 Å². The summed E-state index contributed by atoms with van der Waals surface area (Å²) in [5.41, 5.74) is 4.04. The maximum absolute atomic E-state index is 11.8. The molecule has 126 valence electrons. The minimum atomic E-state index is -0.462. The molecule has 1 heterocycles. The lowest BCUT2D eigenvalue weighted by atomic mass is 10.1. The van der Waals surface area contributed by atoms with Gasteiger partial charge in [-0.15, -0.1) is 10.2 Å². The lowest BCUT2D eigenvalue weighted by Gasteiger charge is -1.98. The molecule has 0 aliphatic heterocycles. The molecule has 5 nitrogen and oxygen atoms in total. The number of benzene rings is 2. The molecule has 0 aliphatic carbocycles. The van der Waals surface area contributed by atoms with Crippen LogP contribution in [0.25, 0.3) is 17.5 Å². The Labute approximate surface area is 146 Å². The van der Waals surface area contributed by atoms with E-state index in [4.69, 9.17) is 9.15 Å². The van der Waals surface area contributed by atoms with E-state index in [-0.39, 0.29) is 12.5 Å². The summed E-state index contributed by atoms with van der Waals surface area (Å²) in [6.07, 6.45) is 3.08. The van der Waals surface area contributed by atoms with Crippen molar-refractivity contribution in [3.05, 3.63) is 77.2 Å². The molecule has 0 saturated carbocycles. The highest BCUT2D eigenvalue weighted by Crippen LogP contribution is 2.19. The van der Waals surface area contributed by atoms with Crippen LogP contribution >= 0.6 is 0 Å². The molecule has 0 spiro atoms. The molecule has 25 heavy (non-hydrogen) atoms. The zero-order valence-corrected chi connectivity index (χ0v) is 14.1. The van der Waals surface area contributed by atoms with Crippen molar-refractivity contribution in [3.63, 3.8) is 0 Å². The first-order chi connectivity index (χ1) is 12.1. The Bertz CT molecular complexity index is 895. The SMILES string of the molecule is Cc1ccc(/C=C/C(=O)OCc2nnc(-c3cccc(C)c3)o2)cc1. The van der Waals surface area contributed by atoms with Crippen molar-refractivity contribution in [1.29, 1.82) is 0 Å². The standard InChI is InChI=1S/C20H18N2O3/c1-14-6-8-16(9-7-14)10-11-19(23)24-13-18-21-22-20(25-18)17-5-3-4-15(2)12-17/h3-12H,13H2,1-2H3/b11-10+. The number of carbonyl (C=O) groups excluding carboxylic acids is 1. The van der Waals surface area contributed by atoms with E-state index < -0.39 is 5.97 Å². The number of ether oxygens (including phenoxy) is 1. The Kier molecular flexibility index (Phi) is 5.04. The van der Waals surface area contributed by atoms with Crippen molar-refractivity contribution >= 4 is 12.0 Å². The van der Waals surface area contributed by atoms with Crippen molar-refractivity contribution in [3.8, 4) is 11.5 Å². The van der Waals surface area contributed by atoms with Crippen LogP contribution in [0.4, 0.5) is 0 Å². The average molecular weight is 334 g/mol. The maximum Gasteiger partial charge on any atom is 0.331 e. The smallest absolute Gasteiger partial charge is 0.331 e. The van der Waals surface area contributed by atoms with Crippen LogP contribution in [0.5, 0.6) is 0 Å². The molecular weight excluding hydrogens is 316 g/mol. The third-order valence-electron chi connectivity index (χ3n) is 3.56. The van der Waals surface area contributed by atoms with Gasteiger partial charge in [-0.1, -0.05) is 47.5 Å². The molecule has 0 saturated heterocycles. The number of rotatable bonds is 5. The summed E-state index contributed by atoms with van der Waals surface area (Å²) >= 11 is 0. The summed E-state index contributed by atoms with van der Waals surface area (Å²) in [5, 5.41) is 7.89. The van der Waals surface area contributed by atoms with E-state index in [2.05, 4.69) is 10.2 Å². The van der Waals surface area contributed by atoms with Gasteiger partial charge in [0.15, 0.2) is 6.61 Å². The molecule has 0 radical (unpaired) electrons. The van der Waals surface area contributed by atoms with E-state index in [1.165, 1.54) is 11.6 Å². The van der Waals surface area contributed by atoms with Crippen LogP contribution in [0, 0.1) is 13.8 Å². The van der Waals surface area contributed by atoms with Crippen LogP contribution in [0.1, 0.15) is 22.6 Å². The minimum Gasteiger partial charge on any atom is -0.452 e. The van der Waals surface area contributed by atoms with Crippen molar-refractivity contribution in [2.24, 2.45) is 0 Å². The summed E-state index contributed by atoms with van der Waals surface area (Å²) < 4.78 is 10.7. The second kappa shape index (κ2) is 7.57. The van der Waals surface area contributed by atoms with Crippen LogP contribution in [0.15, 0.2) is 59.0 Å². The number of aromatic nitrogens is 2. The topological polar surface area (TPSA) is 65.2 Å². The first-order valence-electron chi connectivity index (χ1n) is 7.91. The Balaban J connectivity index is 1.56. The predicted molar refractivity (Wildman–Crippen MR) is 94.5 cm³/mol. The fraction of sp³-hybridized carbons (Fsp3) is 0.150. The zero-order valence-electron chi connectivity index (χ0n) is 14.1. The molecule has 0 N–H and O–H groups in total. The molecule has 3 rings (SSSR count). The average Bonchev–Trinajstić information content (AvgIpc) is 3.08. The predicted octanol–water partition coefficient (Wildman–Crippen LogP) is 4.11. The lowest BCUT2D eigenvalue weighted by Crippen LogP contribution is -2.00. The molecular formula is C20H18N2O3. The van der Waals surface area contributed by atoms with Crippen molar-refractivity contribution < 1.29 is 13.9 Å². The monoisotopic (exact) mass is 334 g/mol. The summed E-state index contributed by atoms with van der Waals surface area (Å²) in [4.78, 5) is 11.8. The van der Waals surface area contributed by atoms with E-state index >= 15 is 0 Å². The molecule has 3 aromatic rings. The highest BCUT2D eigenvalue weighted by molar-refractivity contribution is 5.87. The number of esters is 1. The van der Waals surface area contributed by atoms with Crippen LogP contribution < -0.4 is 0 Å². The third kappa shape index (κ3) is 4.64. The van der Waals surface area contributed by atoms with Crippen molar-refractivity contribution in [1.82, 2.24) is 10.2 Å². The number of nitrogens with zero attached hydrogens (tertiary/aromatic N) is 2. The van der Waals surface area contributed by atoms with Gasteiger partial charge < -0.3 is 9.15 Å². The van der Waals surface area contributed by atoms with Gasteiger partial charge in [0, 0.05) is 11.6 Å². The van der Waals surface area contributed by atoms with Gasteiger partial charge in [0.25, 0.3) is 5.89 Å². The Morgan fingerprint density at radius 3 is 2.64 bits per heavy atom. The van der Waals surface area contributed by atoms with Crippen LogP contribution in [-0.2, 0) is 16.1 Å². The quantitative estimate of drug-likeness (QED) is 0.519. The van der Waals surface area contributed by atoms with Crippen LogP contribution in [0.2, 0.25) is 0 Å². The van der Waals surface area contributed by atoms with Gasteiger partial charge in [0.1, 0.15) is 0 Å². The zero-order chi connectivity index (χ0) is 17.6. The van der Waals surface area contributed by atoms with E-state index in [1.807, 2.05) is 62.4 Å². The molecule has 1 aromatic heterocycles. The molecule has 0 bridgehead atoms. The molecule has 0 fully saturated rings. The number of carbonyl (C=O) groups is 1. The normalized spacial score (nSPS) is 11.0. The first-order valence-corrected chi connectivity index (χ1v) is 7.91. The molecule has 5 heteroatoms. The second-order valence-corrected chi connectivity index (χ2v) is 5.72. The summed E-state index contributed by atoms with van der Waals surface area (Å²) in [7, 11) is 0. The number of hydrogen-bond donors (Lipinski definition) is 0. The largest absolute Gasteiger partial charge is 0.452 e. The summed E-state index contributed by atoms with van der Waals surface area (Å²) in [6, 6.07) is 15.6. The molecule has 0 unspecified atom stereocenters. The van der Waals surface area contributed by atoms with E-state index in [0.717, 1.165) is 16.7 Å². The van der Waals surface area contributed by atoms with Gasteiger partial charge in [0.05, 0.1) is 0 Å². The third-order valence-corrected chi connectivity index (χ3v) is 3.56. The van der Waals surface area contributed by atoms with Gasteiger partial charge in [-0.05, 0) is 37.6 Å². The van der Waals surface area contributed by atoms with Crippen LogP contribution in [-0.4, -0.2) is 16.2 Å². The van der Waals surface area contributed by atoms with E-state index in [9.17, 15) is 4.79 Å². The van der Waals surface area contributed by atoms with Crippen molar-refractivity contribution in [2.45, 2.75) is 20.5 Å². The number of hydrogen-bond acceptors (Lipinski definition) is 5. The molecule has 0 amide bonds. The Hall–Kier alpha value is -3.21. The fourth-order valence-corrected chi connectivity index (χ4v) is 2.23. The number of aryl methyl sites for hydroxylation is 2. The van der Waals surface area contributed by atoms with Gasteiger partial charge in [-0.25, -0.2) is 4.79 Å². The van der Waals surface area contributed by atoms with Gasteiger partial charge in [-0.2, -0.15) is 0 Å². The Morgan fingerprint density at radius 1 is 1.08 bits per heavy atom. The Morgan fingerprint density at radius 2 is 1.88 bits per heavy atom. The minimum absolute atomic E-state index is 0.0596. The lowest BCUT2D eigenvalue weighted by molar-refractivity contribution is -0.139. The van der Waals surface area contributed by atoms with E-state index in [1.54, 1.807) is 6.08 Å². The van der Waals surface area contributed by atoms with Crippen molar-refractivity contribution in [2.75, 3.05) is 0 Å². The van der Waals surface area contributed by atoms with Gasteiger partial charge in [-0.3, -0.25) is 0 Å². The highest BCUT2D eigenvalue weighted by atomic mass is 16.5. The highest BCUT2D eigenvalue weighted by Gasteiger charge is 2.10. The molecule has 0 aliphatic rings. The first kappa shape index (κ1) is 16.6. The molecule has 2 aromatic carbocycles. The summed E-state index contributed by atoms with van der Waals surface area (Å²) in [6.45, 7) is 3.94. The molecule has 0 atom stereocenters. The maximum atomic E-state index is 11.8. The summed E-state index contributed by atoms with van der Waals surface area (Å²) in [5.74, 6) is 0.203. The fourth-order valence-electron chi connectivity index (χ4n) is 2.23. The van der Waals surface area contributed by atoms with Crippen LogP contribution in [0.3, 0.4) is 0 Å². The second-order valence-electron chi connectivity index (χ2n) is 5.72. The van der Waals surface area contributed by atoms with Gasteiger partial charge in [0.2, 0.25) is 5.89 Å².